The van der Waals surface area contributed by atoms with Crippen LogP contribution < -0.4 is 4.74 Å². The minimum Gasteiger partial charge on any atom is -0.486 e. The maximum absolute atomic E-state index is 12.5. The van der Waals surface area contributed by atoms with Crippen molar-refractivity contribution in [2.24, 2.45) is 16.0 Å². The van der Waals surface area contributed by atoms with Crippen LogP contribution in [0.1, 0.15) is 38.0 Å². The highest BCUT2D eigenvalue weighted by atomic mass is 32.2. The molecule has 2 aliphatic rings. The zero-order chi connectivity index (χ0) is 21.3. The van der Waals surface area contributed by atoms with Gasteiger partial charge in [-0.3, -0.25) is 10.2 Å². The third-order valence-corrected chi connectivity index (χ3v) is 5.95. The summed E-state index contributed by atoms with van der Waals surface area (Å²) in [6.45, 7) is 6.05. The summed E-state index contributed by atoms with van der Waals surface area (Å²) in [5.41, 5.74) is 2.12. The first-order chi connectivity index (χ1) is 14.4. The van der Waals surface area contributed by atoms with Crippen LogP contribution in [0.5, 0.6) is 5.75 Å². The number of rotatable bonds is 5. The second kappa shape index (κ2) is 8.28. The van der Waals surface area contributed by atoms with Gasteiger partial charge in [-0.05, 0) is 48.0 Å². The summed E-state index contributed by atoms with van der Waals surface area (Å²) in [5, 5.41) is 15.6. The van der Waals surface area contributed by atoms with E-state index in [4.69, 9.17) is 10.1 Å². The van der Waals surface area contributed by atoms with E-state index in [-0.39, 0.29) is 23.4 Å². The Kier molecular flexibility index (Phi) is 5.55. The second-order valence-electron chi connectivity index (χ2n) is 7.35. The van der Waals surface area contributed by atoms with Crippen LogP contribution in [-0.4, -0.2) is 27.0 Å². The summed E-state index contributed by atoms with van der Waals surface area (Å²) in [5.74, 6) is 0.577. The summed E-state index contributed by atoms with van der Waals surface area (Å²) >= 11 is 1.34. The molecule has 4 rings (SSSR count). The van der Waals surface area contributed by atoms with Crippen LogP contribution >= 0.6 is 11.8 Å². The smallest absolute Gasteiger partial charge is 0.283 e. The number of amides is 1. The van der Waals surface area contributed by atoms with Gasteiger partial charge in [0.05, 0.1) is 5.57 Å². The molecular formula is C23H22N4O2S. The monoisotopic (exact) mass is 418 g/mol. The average Bonchev–Trinajstić information content (AvgIpc) is 3.17. The van der Waals surface area contributed by atoms with Crippen LogP contribution in [0.4, 0.5) is 0 Å². The second-order valence-corrected chi connectivity index (χ2v) is 8.34. The van der Waals surface area contributed by atoms with Gasteiger partial charge in [-0.2, -0.15) is 15.1 Å². The molecule has 152 valence electrons. The zero-order valence-electron chi connectivity index (χ0n) is 17.0. The number of amidine groups is 2. The number of nitrogens with zero attached hydrogens (tertiary/aromatic N) is 3. The number of aliphatic imine (C=N–C) groups is 1. The zero-order valence-corrected chi connectivity index (χ0v) is 17.8. The van der Waals surface area contributed by atoms with E-state index in [1.165, 1.54) is 16.8 Å². The lowest BCUT2D eigenvalue weighted by molar-refractivity contribution is -0.114. The molecule has 0 aromatic heterocycles. The van der Waals surface area contributed by atoms with E-state index in [9.17, 15) is 4.79 Å². The highest BCUT2D eigenvalue weighted by Gasteiger charge is 2.36. The number of hydrogen-bond acceptors (Lipinski definition) is 5. The lowest BCUT2D eigenvalue weighted by atomic mass is 10.1. The molecule has 7 heteroatoms. The quantitative estimate of drug-likeness (QED) is 0.685. The van der Waals surface area contributed by atoms with Crippen molar-refractivity contribution in [3.05, 3.63) is 71.3 Å². The molecule has 6 nitrogen and oxygen atoms in total. The van der Waals surface area contributed by atoms with E-state index in [1.54, 1.807) is 6.08 Å². The van der Waals surface area contributed by atoms with Gasteiger partial charge in [-0.15, -0.1) is 0 Å². The molecule has 1 atom stereocenters. The van der Waals surface area contributed by atoms with Crippen LogP contribution in [-0.2, 0) is 4.79 Å². The normalized spacial score (nSPS) is 18.4. The number of carbonyl (C=O) groups is 1. The van der Waals surface area contributed by atoms with Gasteiger partial charge in [0.25, 0.3) is 5.91 Å². The van der Waals surface area contributed by atoms with Gasteiger partial charge in [0.2, 0.25) is 5.17 Å². The van der Waals surface area contributed by atoms with Gasteiger partial charge >= 0.3 is 0 Å². The van der Waals surface area contributed by atoms with Gasteiger partial charge in [-0.1, -0.05) is 56.3 Å². The van der Waals surface area contributed by atoms with Gasteiger partial charge in [0.15, 0.2) is 5.84 Å². The number of fused-ring (bicyclic) bond motifs is 1. The van der Waals surface area contributed by atoms with Gasteiger partial charge in [0.1, 0.15) is 16.9 Å². The molecule has 2 aromatic carbocycles. The van der Waals surface area contributed by atoms with E-state index in [1.807, 2.05) is 75.4 Å². The number of hydrogen-bond donors (Lipinski definition) is 1. The summed E-state index contributed by atoms with van der Waals surface area (Å²) in [4.78, 5) is 16.6. The molecule has 0 saturated heterocycles. The highest BCUT2D eigenvalue weighted by molar-refractivity contribution is 8.27. The van der Waals surface area contributed by atoms with Crippen molar-refractivity contribution in [1.82, 2.24) is 5.01 Å². The van der Waals surface area contributed by atoms with Gasteiger partial charge < -0.3 is 4.74 Å². The predicted molar refractivity (Wildman–Crippen MR) is 122 cm³/mol. The Morgan fingerprint density at radius 2 is 1.77 bits per heavy atom. The van der Waals surface area contributed by atoms with E-state index in [0.717, 1.165) is 21.9 Å². The lowest BCUT2D eigenvalue weighted by Gasteiger charge is -2.20. The summed E-state index contributed by atoms with van der Waals surface area (Å²) < 4.78 is 6.00. The van der Waals surface area contributed by atoms with E-state index < -0.39 is 5.91 Å². The molecule has 2 aliphatic heterocycles. The van der Waals surface area contributed by atoms with E-state index >= 15 is 0 Å². The largest absolute Gasteiger partial charge is 0.486 e. The molecule has 0 aliphatic carbocycles. The van der Waals surface area contributed by atoms with Gasteiger partial charge in [-0.25, -0.2) is 0 Å². The Hall–Kier alpha value is -3.19. The van der Waals surface area contributed by atoms with Crippen LogP contribution in [0, 0.1) is 11.3 Å². The van der Waals surface area contributed by atoms with Crippen LogP contribution in [0.15, 0.2) is 70.3 Å². The fourth-order valence-electron chi connectivity index (χ4n) is 3.05. The molecule has 0 bridgehead atoms. The molecule has 1 N–H and O–H groups in total. The van der Waals surface area contributed by atoms with Crippen molar-refractivity contribution in [3.63, 3.8) is 0 Å². The number of hydrazone groups is 1. The SMILES string of the molecule is CC(C)C1=NN2C(=N)C(=Cc3ccc(OC(C)c4ccccc4)cc3)C(=O)N=C2S1. The minimum atomic E-state index is -0.419. The van der Waals surface area contributed by atoms with E-state index in [2.05, 4.69) is 10.1 Å². The number of carbonyl (C=O) groups excluding carboxylic acids is 1. The van der Waals surface area contributed by atoms with E-state index in [0.29, 0.717) is 5.17 Å². The molecule has 0 radical (unpaired) electrons. The summed E-state index contributed by atoms with van der Waals surface area (Å²) in [7, 11) is 0. The van der Waals surface area contributed by atoms with Gasteiger partial charge in [0, 0.05) is 5.92 Å². The number of thioether (sulfide) groups is 1. The standard InChI is InChI=1S/C23H22N4O2S/c1-14(2)22-26-27-20(24)19(21(28)25-23(27)30-22)13-16-9-11-18(12-10-16)29-15(3)17-7-5-4-6-8-17/h4-15,24H,1-3H3. The van der Waals surface area contributed by atoms with Crippen LogP contribution in [0.3, 0.4) is 0 Å². The Bertz CT molecular complexity index is 1070. The summed E-state index contributed by atoms with van der Waals surface area (Å²) in [6, 6.07) is 17.5. The maximum atomic E-state index is 12.5. The number of ether oxygens (including phenoxy) is 1. The molecule has 2 aromatic rings. The highest BCUT2D eigenvalue weighted by Crippen LogP contribution is 2.31. The van der Waals surface area contributed by atoms with Crippen molar-refractivity contribution in [3.8, 4) is 5.75 Å². The average molecular weight is 419 g/mol. The molecular weight excluding hydrogens is 396 g/mol. The third-order valence-electron chi connectivity index (χ3n) is 4.74. The Labute approximate surface area is 179 Å². The van der Waals surface area contributed by atoms with Crippen molar-refractivity contribution >= 4 is 39.8 Å². The minimum absolute atomic E-state index is 0.0474. The topological polar surface area (TPSA) is 78.1 Å². The Balaban J connectivity index is 1.51. The molecule has 0 spiro atoms. The molecule has 30 heavy (non-hydrogen) atoms. The Morgan fingerprint density at radius 1 is 1.07 bits per heavy atom. The predicted octanol–water partition coefficient (Wildman–Crippen LogP) is 5.10. The number of nitrogens with one attached hydrogen (secondary N) is 1. The van der Waals surface area contributed by atoms with Crippen molar-refractivity contribution in [1.29, 1.82) is 5.41 Å². The first-order valence-corrected chi connectivity index (χ1v) is 10.6. The lowest BCUT2D eigenvalue weighted by Crippen LogP contribution is -2.35. The maximum Gasteiger partial charge on any atom is 0.283 e. The Morgan fingerprint density at radius 3 is 2.43 bits per heavy atom. The first-order valence-electron chi connectivity index (χ1n) is 9.74. The molecule has 0 saturated carbocycles. The molecule has 1 unspecified atom stereocenters. The first kappa shape index (κ1) is 20.1. The van der Waals surface area contributed by atoms with Crippen molar-refractivity contribution < 1.29 is 9.53 Å². The third kappa shape index (κ3) is 4.07. The fraction of sp³-hybridized carbons (Fsp3) is 0.217. The fourth-order valence-corrected chi connectivity index (χ4v) is 3.94. The van der Waals surface area contributed by atoms with Crippen molar-refractivity contribution in [2.45, 2.75) is 26.9 Å². The van der Waals surface area contributed by atoms with Crippen LogP contribution in [0.25, 0.3) is 6.08 Å². The molecule has 1 amide bonds. The summed E-state index contributed by atoms with van der Waals surface area (Å²) in [6.07, 6.45) is 1.60. The molecule has 2 heterocycles. The van der Waals surface area contributed by atoms with Crippen molar-refractivity contribution in [2.75, 3.05) is 0 Å². The van der Waals surface area contributed by atoms with Crippen LogP contribution in [0.2, 0.25) is 0 Å². The molecule has 0 fully saturated rings. The number of benzene rings is 2.